The van der Waals surface area contributed by atoms with E-state index in [2.05, 4.69) is 4.98 Å². The zero-order chi connectivity index (χ0) is 20.4. The number of fused-ring (bicyclic) bond motifs is 6. The zero-order valence-corrected chi connectivity index (χ0v) is 15.5. The fourth-order valence-corrected chi connectivity index (χ4v) is 4.40. The summed E-state index contributed by atoms with van der Waals surface area (Å²) >= 11 is 0. The van der Waals surface area contributed by atoms with E-state index in [1.54, 1.807) is 48.7 Å². The van der Waals surface area contributed by atoms with E-state index < -0.39 is 17.2 Å². The van der Waals surface area contributed by atoms with Crippen molar-refractivity contribution in [2.24, 2.45) is 0 Å². The van der Waals surface area contributed by atoms with E-state index in [-0.39, 0.29) is 22.5 Å². The molecule has 0 amide bonds. The summed E-state index contributed by atoms with van der Waals surface area (Å²) in [4.78, 5) is 30.5. The van der Waals surface area contributed by atoms with Crippen molar-refractivity contribution < 1.29 is 13.9 Å². The summed E-state index contributed by atoms with van der Waals surface area (Å²) in [5.74, 6) is -1.11. The van der Waals surface area contributed by atoms with Crippen molar-refractivity contribution >= 4 is 21.9 Å². The van der Waals surface area contributed by atoms with Crippen LogP contribution in [0.4, 0.5) is 0 Å². The maximum Gasteiger partial charge on any atom is 0.344 e. The second-order valence-electron chi connectivity index (χ2n) is 7.19. The van der Waals surface area contributed by atoms with Gasteiger partial charge in [-0.3, -0.25) is 4.98 Å². The minimum atomic E-state index is -0.891. The average Bonchev–Trinajstić information content (AvgIpc) is 3.10. The van der Waals surface area contributed by atoms with Gasteiger partial charge < -0.3 is 13.9 Å². The van der Waals surface area contributed by atoms with E-state index in [4.69, 9.17) is 8.83 Å². The van der Waals surface area contributed by atoms with Gasteiger partial charge in [0.1, 0.15) is 16.9 Å². The van der Waals surface area contributed by atoms with Crippen LogP contribution in [-0.4, -0.2) is 10.1 Å². The first-order chi connectivity index (χ1) is 14.6. The molecule has 1 N–H and O–H groups in total. The van der Waals surface area contributed by atoms with Gasteiger partial charge in [-0.15, -0.1) is 0 Å². The lowest BCUT2D eigenvalue weighted by Gasteiger charge is -2.13. The lowest BCUT2D eigenvalue weighted by molar-refractivity contribution is 0.454. The first-order valence-electron chi connectivity index (χ1n) is 9.41. The Kier molecular flexibility index (Phi) is 3.29. The molecule has 6 nitrogen and oxygen atoms in total. The molecule has 0 spiro atoms. The Morgan fingerprint density at radius 2 is 1.40 bits per heavy atom. The van der Waals surface area contributed by atoms with Gasteiger partial charge >= 0.3 is 11.3 Å². The third-order valence-electron chi connectivity index (χ3n) is 5.63. The van der Waals surface area contributed by atoms with Gasteiger partial charge in [-0.25, -0.2) is 9.59 Å². The Bertz CT molecular complexity index is 1610. The first-order valence-corrected chi connectivity index (χ1v) is 9.41. The molecular formula is C24H13NO5. The summed E-state index contributed by atoms with van der Waals surface area (Å²) < 4.78 is 11.0. The Balaban J connectivity index is 1.79. The summed E-state index contributed by atoms with van der Waals surface area (Å²) in [5, 5.41) is 12.2. The molecule has 0 saturated carbocycles. The lowest BCUT2D eigenvalue weighted by Crippen LogP contribution is -2.19. The minimum Gasteiger partial charge on any atom is -0.507 e. The van der Waals surface area contributed by atoms with Gasteiger partial charge in [-0.2, -0.15) is 0 Å². The summed E-state index contributed by atoms with van der Waals surface area (Å²) in [5.41, 5.74) is 1.60. The van der Waals surface area contributed by atoms with Gasteiger partial charge in [0.25, 0.3) is 0 Å². The maximum absolute atomic E-state index is 13.1. The highest BCUT2D eigenvalue weighted by atomic mass is 16.4. The fourth-order valence-electron chi connectivity index (χ4n) is 4.40. The van der Waals surface area contributed by atoms with Crippen molar-refractivity contribution in [2.75, 3.05) is 0 Å². The Hall–Kier alpha value is -4.19. The van der Waals surface area contributed by atoms with Crippen molar-refractivity contribution in [1.29, 1.82) is 0 Å². The molecule has 6 heteroatoms. The predicted octanol–water partition coefficient (Wildman–Crippen LogP) is 4.16. The monoisotopic (exact) mass is 395 g/mol. The van der Waals surface area contributed by atoms with Crippen LogP contribution in [0.25, 0.3) is 33.1 Å². The van der Waals surface area contributed by atoms with Gasteiger partial charge in [-0.1, -0.05) is 36.4 Å². The standard InChI is InChI=1S/C24H13NO5/c26-22-13-7-2-4-10-16(13)30-24(28)20(22)18-19-17(14-8-5-11-25-21(14)18)12-6-1-3-9-15(12)29-23(19)27/h1-11,18,26H/t18-/m0/s1. The van der Waals surface area contributed by atoms with E-state index in [1.165, 1.54) is 0 Å². The molecule has 0 fully saturated rings. The van der Waals surface area contributed by atoms with E-state index in [0.717, 1.165) is 10.9 Å². The highest BCUT2D eigenvalue weighted by Gasteiger charge is 2.39. The number of hydrogen-bond acceptors (Lipinski definition) is 6. The van der Waals surface area contributed by atoms with E-state index in [9.17, 15) is 14.7 Å². The van der Waals surface area contributed by atoms with Gasteiger partial charge in [-0.05, 0) is 24.3 Å². The van der Waals surface area contributed by atoms with Crippen molar-refractivity contribution in [3.63, 3.8) is 0 Å². The Labute approximate surface area is 168 Å². The summed E-state index contributed by atoms with van der Waals surface area (Å²) in [6, 6.07) is 17.6. The van der Waals surface area contributed by atoms with Gasteiger partial charge in [0, 0.05) is 22.7 Å². The third-order valence-corrected chi connectivity index (χ3v) is 5.63. The summed E-state index contributed by atoms with van der Waals surface area (Å²) in [6.07, 6.45) is 1.60. The molecule has 0 unspecified atom stereocenters. The number of nitrogens with zero attached hydrogens (tertiary/aromatic N) is 1. The molecule has 1 atom stereocenters. The molecule has 2 aromatic carbocycles. The number of benzene rings is 2. The number of pyridine rings is 1. The topological polar surface area (TPSA) is 93.5 Å². The number of hydrogen-bond donors (Lipinski definition) is 1. The number of rotatable bonds is 1. The van der Waals surface area contributed by atoms with Gasteiger partial charge in [0.2, 0.25) is 0 Å². The molecule has 5 aromatic rings. The van der Waals surface area contributed by atoms with E-state index >= 15 is 0 Å². The molecule has 0 saturated heterocycles. The summed E-state index contributed by atoms with van der Waals surface area (Å²) in [7, 11) is 0. The van der Waals surface area contributed by atoms with Crippen LogP contribution in [0.15, 0.2) is 85.3 Å². The fraction of sp³-hybridized carbons (Fsp3) is 0.0417. The molecule has 1 aliphatic rings. The van der Waals surface area contributed by atoms with Crippen molar-refractivity contribution in [1.82, 2.24) is 4.98 Å². The van der Waals surface area contributed by atoms with Crippen molar-refractivity contribution in [3.8, 4) is 16.9 Å². The Morgan fingerprint density at radius 3 is 2.17 bits per heavy atom. The largest absolute Gasteiger partial charge is 0.507 e. The predicted molar refractivity (Wildman–Crippen MR) is 111 cm³/mol. The normalized spacial score (nSPS) is 14.7. The van der Waals surface area contributed by atoms with Gasteiger partial charge in [0.05, 0.1) is 28.1 Å². The van der Waals surface area contributed by atoms with E-state index in [1.807, 2.05) is 18.2 Å². The molecular weight excluding hydrogens is 382 g/mol. The second-order valence-corrected chi connectivity index (χ2v) is 7.19. The minimum absolute atomic E-state index is 0.0185. The molecule has 30 heavy (non-hydrogen) atoms. The van der Waals surface area contributed by atoms with Crippen LogP contribution < -0.4 is 11.3 Å². The SMILES string of the molecule is O=c1oc2ccccc2c(O)c1[C@H]1c2ncccc2-c2c1c(=O)oc1ccccc21. The quantitative estimate of drug-likeness (QED) is 0.420. The smallest absolute Gasteiger partial charge is 0.344 e. The van der Waals surface area contributed by atoms with Crippen LogP contribution in [0.1, 0.15) is 22.7 Å². The highest BCUT2D eigenvalue weighted by molar-refractivity contribution is 5.99. The average molecular weight is 395 g/mol. The van der Waals surface area contributed by atoms with Gasteiger partial charge in [0.15, 0.2) is 0 Å². The summed E-state index contributed by atoms with van der Waals surface area (Å²) in [6.45, 7) is 0. The second kappa shape index (κ2) is 5.90. The molecule has 6 rings (SSSR count). The van der Waals surface area contributed by atoms with Crippen LogP contribution in [0.5, 0.6) is 5.75 Å². The number of para-hydroxylation sites is 2. The number of aromatic hydroxyl groups is 1. The van der Waals surface area contributed by atoms with Crippen molar-refractivity contribution in [3.05, 3.63) is 105 Å². The molecule has 0 radical (unpaired) electrons. The van der Waals surface area contributed by atoms with E-state index in [0.29, 0.717) is 22.2 Å². The lowest BCUT2D eigenvalue weighted by atomic mass is 9.92. The van der Waals surface area contributed by atoms with Crippen molar-refractivity contribution in [2.45, 2.75) is 5.92 Å². The van der Waals surface area contributed by atoms with Crippen LogP contribution >= 0.6 is 0 Å². The molecule has 144 valence electrons. The number of aromatic nitrogens is 1. The first kappa shape index (κ1) is 16.7. The highest BCUT2D eigenvalue weighted by Crippen LogP contribution is 2.49. The Morgan fingerprint density at radius 1 is 0.767 bits per heavy atom. The molecule has 3 aromatic heterocycles. The van der Waals surface area contributed by atoms with Crippen LogP contribution in [0, 0.1) is 0 Å². The third kappa shape index (κ3) is 2.10. The molecule has 0 bridgehead atoms. The molecule has 1 aliphatic carbocycles. The van der Waals surface area contributed by atoms with Crippen LogP contribution in [0.2, 0.25) is 0 Å². The maximum atomic E-state index is 13.1. The van der Waals surface area contributed by atoms with Crippen LogP contribution in [-0.2, 0) is 0 Å². The molecule has 3 heterocycles. The molecule has 0 aliphatic heterocycles. The zero-order valence-electron chi connectivity index (χ0n) is 15.5. The van der Waals surface area contributed by atoms with Crippen LogP contribution in [0.3, 0.4) is 0 Å².